The van der Waals surface area contributed by atoms with Gasteiger partial charge in [-0.1, -0.05) is 29.3 Å². The lowest BCUT2D eigenvalue weighted by molar-refractivity contribution is 0.0283. The first-order chi connectivity index (χ1) is 12.4. The largest absolute Gasteiger partial charge is 0.489 e. The summed E-state index contributed by atoms with van der Waals surface area (Å²) in [6.07, 6.45) is 1.34. The Bertz CT molecular complexity index is 614. The van der Waals surface area contributed by atoms with Gasteiger partial charge in [0.2, 0.25) is 0 Å². The first-order valence-electron chi connectivity index (χ1n) is 8.84. The smallest absolute Gasteiger partial charge is 0.191 e. The van der Waals surface area contributed by atoms with E-state index in [9.17, 15) is 5.11 Å². The molecule has 1 fully saturated rings. The number of nitrogens with one attached hydrogen (secondary N) is 2. The van der Waals surface area contributed by atoms with Crippen LogP contribution in [0.1, 0.15) is 26.7 Å². The molecule has 0 aromatic heterocycles. The first-order valence-corrected chi connectivity index (χ1v) is 9.60. The molecule has 1 aliphatic heterocycles. The monoisotopic (exact) mass is 531 g/mol. The van der Waals surface area contributed by atoms with Crippen LogP contribution in [0.5, 0.6) is 5.75 Å². The number of hydrogen-bond donors (Lipinski definition) is 3. The van der Waals surface area contributed by atoms with Crippen molar-refractivity contribution in [3.05, 3.63) is 28.2 Å². The molecule has 2 atom stereocenters. The van der Waals surface area contributed by atoms with Crippen LogP contribution in [0.3, 0.4) is 0 Å². The molecule has 0 saturated carbocycles. The zero-order chi connectivity index (χ0) is 19.0. The summed E-state index contributed by atoms with van der Waals surface area (Å²) < 4.78 is 11.3. The highest BCUT2D eigenvalue weighted by Gasteiger charge is 2.29. The van der Waals surface area contributed by atoms with Crippen molar-refractivity contribution in [2.24, 2.45) is 4.99 Å². The second-order valence-corrected chi connectivity index (χ2v) is 7.28. The van der Waals surface area contributed by atoms with Crippen molar-refractivity contribution in [2.75, 3.05) is 32.8 Å². The second-order valence-electron chi connectivity index (χ2n) is 6.49. The highest BCUT2D eigenvalue weighted by molar-refractivity contribution is 14.0. The van der Waals surface area contributed by atoms with E-state index in [1.54, 1.807) is 18.2 Å². The summed E-state index contributed by atoms with van der Waals surface area (Å²) in [5.74, 6) is 1.09. The molecule has 154 valence electrons. The molecule has 9 heteroatoms. The minimum atomic E-state index is -0.729. The molecule has 6 nitrogen and oxygen atoms in total. The highest BCUT2D eigenvalue weighted by Crippen LogP contribution is 2.31. The molecule has 27 heavy (non-hydrogen) atoms. The molecule has 1 heterocycles. The standard InChI is InChI=1S/C18H27Cl2N3O3.HI/c1-3-21-17(23-12-18(2)8-5-9-26-18)22-10-13(24)11-25-15-7-4-6-14(19)16(15)20;/h4,6-7,13,24H,3,5,8-12H2,1-2H3,(H2,21,22,23);1H. The summed E-state index contributed by atoms with van der Waals surface area (Å²) in [6.45, 7) is 6.55. The van der Waals surface area contributed by atoms with Gasteiger partial charge in [-0.15, -0.1) is 24.0 Å². The maximum absolute atomic E-state index is 10.1. The Labute approximate surface area is 188 Å². The molecular weight excluding hydrogens is 504 g/mol. The molecule has 3 N–H and O–H groups in total. The van der Waals surface area contributed by atoms with Crippen molar-refractivity contribution in [2.45, 2.75) is 38.4 Å². The van der Waals surface area contributed by atoms with E-state index in [2.05, 4.69) is 22.5 Å². The van der Waals surface area contributed by atoms with Gasteiger partial charge in [0.05, 0.1) is 17.2 Å². The molecule has 0 radical (unpaired) electrons. The zero-order valence-electron chi connectivity index (χ0n) is 15.6. The lowest BCUT2D eigenvalue weighted by Gasteiger charge is -2.22. The van der Waals surface area contributed by atoms with Gasteiger partial charge in [0.1, 0.15) is 23.5 Å². The Morgan fingerprint density at radius 2 is 2.19 bits per heavy atom. The Morgan fingerprint density at radius 3 is 2.85 bits per heavy atom. The number of aliphatic imine (C=N–C) groups is 1. The maximum atomic E-state index is 10.1. The number of benzene rings is 1. The molecule has 1 aromatic carbocycles. The van der Waals surface area contributed by atoms with Crippen LogP contribution in [0.15, 0.2) is 23.2 Å². The molecular formula is C18H28Cl2IN3O3. The molecule has 2 rings (SSSR count). The van der Waals surface area contributed by atoms with Crippen molar-refractivity contribution in [1.29, 1.82) is 0 Å². The minimum Gasteiger partial charge on any atom is -0.489 e. The fraction of sp³-hybridized carbons (Fsp3) is 0.611. The fourth-order valence-corrected chi connectivity index (χ4v) is 2.95. The molecule has 0 amide bonds. The highest BCUT2D eigenvalue weighted by atomic mass is 127. The average molecular weight is 532 g/mol. The third-order valence-electron chi connectivity index (χ3n) is 4.07. The van der Waals surface area contributed by atoms with Gasteiger partial charge in [0.25, 0.3) is 0 Å². The van der Waals surface area contributed by atoms with E-state index >= 15 is 0 Å². The van der Waals surface area contributed by atoms with Crippen LogP contribution in [0.25, 0.3) is 0 Å². The van der Waals surface area contributed by atoms with E-state index in [4.69, 9.17) is 32.7 Å². The van der Waals surface area contributed by atoms with Crippen molar-refractivity contribution < 1.29 is 14.6 Å². The van der Waals surface area contributed by atoms with Gasteiger partial charge >= 0.3 is 0 Å². The molecule has 0 bridgehead atoms. The SMILES string of the molecule is CCNC(=NCC1(C)CCCO1)NCC(O)COc1cccc(Cl)c1Cl.I. The van der Waals surface area contributed by atoms with Gasteiger partial charge in [-0.2, -0.15) is 0 Å². The Morgan fingerprint density at radius 1 is 1.41 bits per heavy atom. The Hall–Kier alpha value is -0.480. The van der Waals surface area contributed by atoms with E-state index in [0.29, 0.717) is 34.8 Å². The predicted molar refractivity (Wildman–Crippen MR) is 121 cm³/mol. The summed E-state index contributed by atoms with van der Waals surface area (Å²) in [5.41, 5.74) is -0.201. The summed E-state index contributed by atoms with van der Waals surface area (Å²) in [4.78, 5) is 4.56. The molecule has 1 aliphatic rings. The third-order valence-corrected chi connectivity index (χ3v) is 4.87. The van der Waals surface area contributed by atoms with Crippen molar-refractivity contribution in [3.63, 3.8) is 0 Å². The van der Waals surface area contributed by atoms with Crippen LogP contribution in [0, 0.1) is 0 Å². The van der Waals surface area contributed by atoms with Gasteiger partial charge in [-0.25, -0.2) is 0 Å². The number of ether oxygens (including phenoxy) is 2. The molecule has 0 spiro atoms. The minimum absolute atomic E-state index is 0. The lowest BCUT2D eigenvalue weighted by Crippen LogP contribution is -2.43. The first kappa shape index (κ1) is 24.6. The lowest BCUT2D eigenvalue weighted by atomic mass is 10.0. The number of aliphatic hydroxyl groups is 1. The zero-order valence-corrected chi connectivity index (χ0v) is 19.5. The fourth-order valence-electron chi connectivity index (χ4n) is 2.60. The molecule has 0 aliphatic carbocycles. The number of guanidine groups is 1. The number of hydrogen-bond acceptors (Lipinski definition) is 4. The molecule has 1 saturated heterocycles. The van der Waals surface area contributed by atoms with Gasteiger partial charge in [-0.3, -0.25) is 4.99 Å². The maximum Gasteiger partial charge on any atom is 0.191 e. The van der Waals surface area contributed by atoms with E-state index in [1.807, 2.05) is 6.92 Å². The summed E-state index contributed by atoms with van der Waals surface area (Å²) in [7, 11) is 0. The van der Waals surface area contributed by atoms with Crippen LogP contribution < -0.4 is 15.4 Å². The normalized spacial score (nSPS) is 20.7. The van der Waals surface area contributed by atoms with Gasteiger partial charge in [-0.05, 0) is 38.8 Å². The third kappa shape index (κ3) is 8.19. The van der Waals surface area contributed by atoms with E-state index in [0.717, 1.165) is 26.0 Å². The van der Waals surface area contributed by atoms with E-state index in [-0.39, 0.29) is 36.2 Å². The van der Waals surface area contributed by atoms with Crippen LogP contribution in [-0.4, -0.2) is 55.6 Å². The number of aliphatic hydroxyl groups excluding tert-OH is 1. The summed E-state index contributed by atoms with van der Waals surface area (Å²) >= 11 is 12.0. The Balaban J connectivity index is 0.00000364. The quantitative estimate of drug-likeness (QED) is 0.272. The van der Waals surface area contributed by atoms with Crippen molar-refractivity contribution in [1.82, 2.24) is 10.6 Å². The van der Waals surface area contributed by atoms with E-state index < -0.39 is 6.10 Å². The van der Waals surface area contributed by atoms with Gasteiger partial charge in [0.15, 0.2) is 5.96 Å². The summed E-state index contributed by atoms with van der Waals surface area (Å²) in [5, 5.41) is 17.2. The Kier molecular flexibility index (Phi) is 11.1. The summed E-state index contributed by atoms with van der Waals surface area (Å²) in [6, 6.07) is 5.14. The van der Waals surface area contributed by atoms with Crippen LogP contribution in [0.2, 0.25) is 10.0 Å². The number of rotatable bonds is 8. The van der Waals surface area contributed by atoms with E-state index in [1.165, 1.54) is 0 Å². The van der Waals surface area contributed by atoms with Crippen LogP contribution in [0.4, 0.5) is 0 Å². The van der Waals surface area contributed by atoms with Crippen molar-refractivity contribution >= 4 is 53.1 Å². The second kappa shape index (κ2) is 12.2. The topological polar surface area (TPSA) is 75.1 Å². The number of halogens is 3. The molecule has 2 unspecified atom stereocenters. The van der Waals surface area contributed by atoms with Gasteiger partial charge in [0, 0.05) is 19.7 Å². The predicted octanol–water partition coefficient (Wildman–Crippen LogP) is 3.48. The molecule has 1 aromatic rings. The number of nitrogens with zero attached hydrogens (tertiary/aromatic N) is 1. The van der Waals surface area contributed by atoms with Crippen LogP contribution in [-0.2, 0) is 4.74 Å². The van der Waals surface area contributed by atoms with Crippen LogP contribution >= 0.6 is 47.2 Å². The average Bonchev–Trinajstić information content (AvgIpc) is 3.05. The van der Waals surface area contributed by atoms with Crippen molar-refractivity contribution in [3.8, 4) is 5.75 Å². The van der Waals surface area contributed by atoms with Gasteiger partial charge < -0.3 is 25.2 Å².